The van der Waals surface area contributed by atoms with Crippen LogP contribution in [0.25, 0.3) is 0 Å². The van der Waals surface area contributed by atoms with Gasteiger partial charge in [0.15, 0.2) is 0 Å². The van der Waals surface area contributed by atoms with Gasteiger partial charge in [0.1, 0.15) is 0 Å². The van der Waals surface area contributed by atoms with E-state index in [-0.39, 0.29) is 0 Å². The molecule has 3 rings (SSSR count). The Morgan fingerprint density at radius 3 is 2.89 bits per heavy atom. The van der Waals surface area contributed by atoms with Gasteiger partial charge in [-0.15, -0.1) is 0 Å². The molecule has 2 N–H and O–H groups in total. The molecule has 6 heteroatoms. The molecular weight excluding hydrogens is 232 g/mol. The summed E-state index contributed by atoms with van der Waals surface area (Å²) in [5.74, 6) is 0.483. The minimum absolute atomic E-state index is 0.481. The summed E-state index contributed by atoms with van der Waals surface area (Å²) in [6.07, 6.45) is 3.22. The lowest BCUT2D eigenvalue weighted by Gasteiger charge is -2.28. The summed E-state index contributed by atoms with van der Waals surface area (Å²) in [5.41, 5.74) is 2.21. The summed E-state index contributed by atoms with van der Waals surface area (Å²) >= 11 is 0. The van der Waals surface area contributed by atoms with Crippen molar-refractivity contribution in [2.45, 2.75) is 31.8 Å². The molecule has 1 aromatic heterocycles. The molecule has 1 amide bonds. The lowest BCUT2D eigenvalue weighted by molar-refractivity contribution is 0.132. The number of amides is 1. The third-order valence-electron chi connectivity index (χ3n) is 3.93. The van der Waals surface area contributed by atoms with Crippen molar-refractivity contribution in [3.05, 3.63) is 17.7 Å². The van der Waals surface area contributed by atoms with E-state index in [1.807, 2.05) is 6.33 Å². The second kappa shape index (κ2) is 4.61. The van der Waals surface area contributed by atoms with E-state index in [1.165, 1.54) is 4.90 Å². The van der Waals surface area contributed by atoms with Crippen molar-refractivity contribution in [2.24, 2.45) is 0 Å². The summed E-state index contributed by atoms with van der Waals surface area (Å²) in [4.78, 5) is 17.1. The Morgan fingerprint density at radius 2 is 2.17 bits per heavy atom. The zero-order valence-corrected chi connectivity index (χ0v) is 10.3. The Morgan fingerprint density at radius 1 is 1.39 bits per heavy atom. The summed E-state index contributed by atoms with van der Waals surface area (Å²) < 4.78 is 2.11. The average Bonchev–Trinajstić information content (AvgIpc) is 2.82. The Hall–Kier alpha value is -1.56. The number of imidazole rings is 1. The van der Waals surface area contributed by atoms with E-state index in [0.29, 0.717) is 19.0 Å². The maximum Gasteiger partial charge on any atom is 0.407 e. The van der Waals surface area contributed by atoms with Crippen LogP contribution in [0.1, 0.15) is 30.1 Å². The number of carboxylic acid groups (broad SMARTS) is 1. The molecule has 0 atom stereocenters. The van der Waals surface area contributed by atoms with Gasteiger partial charge in [0.25, 0.3) is 0 Å². The van der Waals surface area contributed by atoms with E-state index in [4.69, 9.17) is 5.11 Å². The molecule has 1 fully saturated rings. The van der Waals surface area contributed by atoms with Crippen LogP contribution in [0.5, 0.6) is 0 Å². The molecule has 6 nitrogen and oxygen atoms in total. The molecule has 0 aromatic carbocycles. The third-order valence-corrected chi connectivity index (χ3v) is 3.93. The van der Waals surface area contributed by atoms with E-state index in [2.05, 4.69) is 14.9 Å². The number of nitrogens with zero attached hydrogens (tertiary/aromatic N) is 3. The van der Waals surface area contributed by atoms with Gasteiger partial charge in [-0.05, 0) is 25.9 Å². The molecule has 0 aliphatic carbocycles. The molecule has 2 aliphatic heterocycles. The van der Waals surface area contributed by atoms with Crippen molar-refractivity contribution in [3.8, 4) is 0 Å². The lowest BCUT2D eigenvalue weighted by atomic mass is 9.93. The highest BCUT2D eigenvalue weighted by Crippen LogP contribution is 2.29. The number of nitrogens with one attached hydrogen (secondary N) is 1. The van der Waals surface area contributed by atoms with Gasteiger partial charge in [-0.1, -0.05) is 0 Å². The Kier molecular flexibility index (Phi) is 2.95. The fraction of sp³-hybridized carbons (Fsp3) is 0.667. The van der Waals surface area contributed by atoms with Crippen molar-refractivity contribution < 1.29 is 9.90 Å². The highest BCUT2D eigenvalue weighted by Gasteiger charge is 2.27. The topological polar surface area (TPSA) is 70.4 Å². The minimum atomic E-state index is -0.835. The zero-order chi connectivity index (χ0) is 12.5. The fourth-order valence-electron chi connectivity index (χ4n) is 2.88. The van der Waals surface area contributed by atoms with E-state index < -0.39 is 6.09 Å². The summed E-state index contributed by atoms with van der Waals surface area (Å²) in [6.45, 7) is 3.82. The Balaban J connectivity index is 1.84. The maximum absolute atomic E-state index is 11.1. The average molecular weight is 250 g/mol. The van der Waals surface area contributed by atoms with Gasteiger partial charge in [0, 0.05) is 19.0 Å². The fourth-order valence-corrected chi connectivity index (χ4v) is 2.88. The monoisotopic (exact) mass is 250 g/mol. The Labute approximate surface area is 106 Å². The van der Waals surface area contributed by atoms with Gasteiger partial charge in [0.2, 0.25) is 0 Å². The second-order valence-electron chi connectivity index (χ2n) is 5.00. The molecule has 0 radical (unpaired) electrons. The van der Waals surface area contributed by atoms with Crippen molar-refractivity contribution in [2.75, 3.05) is 19.6 Å². The first-order chi connectivity index (χ1) is 8.75. The van der Waals surface area contributed by atoms with Gasteiger partial charge in [-0.2, -0.15) is 0 Å². The molecule has 0 unspecified atom stereocenters. The number of rotatable bonds is 1. The largest absolute Gasteiger partial charge is 0.465 e. The first-order valence-electron chi connectivity index (χ1n) is 6.48. The number of hydrogen-bond donors (Lipinski definition) is 2. The summed E-state index contributed by atoms with van der Waals surface area (Å²) in [5, 5.41) is 12.4. The van der Waals surface area contributed by atoms with E-state index in [9.17, 15) is 4.79 Å². The van der Waals surface area contributed by atoms with E-state index >= 15 is 0 Å². The van der Waals surface area contributed by atoms with Crippen molar-refractivity contribution in [3.63, 3.8) is 0 Å². The molecule has 0 spiro atoms. The molecule has 18 heavy (non-hydrogen) atoms. The van der Waals surface area contributed by atoms with Crippen LogP contribution in [0.3, 0.4) is 0 Å². The van der Waals surface area contributed by atoms with Gasteiger partial charge in [0.05, 0.1) is 24.3 Å². The molecule has 0 saturated carbocycles. The smallest absolute Gasteiger partial charge is 0.407 e. The van der Waals surface area contributed by atoms with Crippen molar-refractivity contribution in [1.82, 2.24) is 19.8 Å². The van der Waals surface area contributed by atoms with Crippen LogP contribution in [0.2, 0.25) is 0 Å². The summed E-state index contributed by atoms with van der Waals surface area (Å²) in [6, 6.07) is 0. The van der Waals surface area contributed by atoms with Gasteiger partial charge in [-0.3, -0.25) is 0 Å². The highest BCUT2D eigenvalue weighted by molar-refractivity contribution is 5.65. The first kappa shape index (κ1) is 11.5. The van der Waals surface area contributed by atoms with Crippen molar-refractivity contribution in [1.29, 1.82) is 0 Å². The van der Waals surface area contributed by atoms with Crippen molar-refractivity contribution >= 4 is 6.09 Å². The number of carbonyl (C=O) groups is 1. The number of hydrogen-bond acceptors (Lipinski definition) is 3. The first-order valence-corrected chi connectivity index (χ1v) is 6.48. The van der Waals surface area contributed by atoms with Crippen LogP contribution in [0, 0.1) is 0 Å². The minimum Gasteiger partial charge on any atom is -0.465 e. The molecule has 2 aliphatic rings. The van der Waals surface area contributed by atoms with Crippen LogP contribution >= 0.6 is 0 Å². The predicted octanol–water partition coefficient (Wildman–Crippen LogP) is 0.844. The molecule has 1 saturated heterocycles. The molecule has 0 bridgehead atoms. The Bertz CT molecular complexity index is 451. The number of piperidine rings is 1. The quantitative estimate of drug-likeness (QED) is 0.775. The van der Waals surface area contributed by atoms with E-state index in [0.717, 1.165) is 43.9 Å². The van der Waals surface area contributed by atoms with Crippen LogP contribution in [-0.2, 0) is 13.1 Å². The lowest BCUT2D eigenvalue weighted by Crippen LogP contribution is -2.37. The maximum atomic E-state index is 11.1. The highest BCUT2D eigenvalue weighted by atomic mass is 16.4. The second-order valence-corrected chi connectivity index (χ2v) is 5.00. The van der Waals surface area contributed by atoms with Gasteiger partial charge >= 0.3 is 6.09 Å². The SMILES string of the molecule is O=C(O)N1CCn2cnc(C3CCNCC3)c2C1. The molecular formula is C12H18N4O2. The molecule has 98 valence electrons. The standard InChI is InChI=1S/C12H18N4O2/c17-12(18)15-5-6-16-8-14-11(10(16)7-15)9-1-3-13-4-2-9/h8-9,13H,1-7H2,(H,17,18). The number of aromatic nitrogens is 2. The van der Waals surface area contributed by atoms with Gasteiger partial charge < -0.3 is 19.9 Å². The normalized spacial score (nSPS) is 20.8. The third kappa shape index (κ3) is 1.96. The predicted molar refractivity (Wildman–Crippen MR) is 65.5 cm³/mol. The van der Waals surface area contributed by atoms with Crippen LogP contribution in [0.4, 0.5) is 4.79 Å². The summed E-state index contributed by atoms with van der Waals surface area (Å²) in [7, 11) is 0. The van der Waals surface area contributed by atoms with Gasteiger partial charge in [-0.25, -0.2) is 9.78 Å². The van der Waals surface area contributed by atoms with Crippen LogP contribution in [0.15, 0.2) is 6.33 Å². The van der Waals surface area contributed by atoms with Crippen LogP contribution in [-0.4, -0.2) is 45.3 Å². The van der Waals surface area contributed by atoms with Crippen LogP contribution < -0.4 is 5.32 Å². The van der Waals surface area contributed by atoms with E-state index in [1.54, 1.807) is 0 Å². The molecule has 1 aromatic rings. The number of fused-ring (bicyclic) bond motifs is 1. The zero-order valence-electron chi connectivity index (χ0n) is 10.3. The molecule has 3 heterocycles.